The Hall–Kier alpha value is -3.39. The molecule has 0 heterocycles. The number of anilines is 1. The van der Waals surface area contributed by atoms with Crippen molar-refractivity contribution in [3.8, 4) is 11.8 Å². The van der Waals surface area contributed by atoms with Crippen LogP contribution in [-0.2, 0) is 17.4 Å². The maximum atomic E-state index is 13.5. The Morgan fingerprint density at radius 1 is 1.15 bits per heavy atom. The third-order valence-electron chi connectivity index (χ3n) is 4.79. The molecule has 0 aliphatic heterocycles. The number of nitrogens with zero attached hydrogens (tertiary/aromatic N) is 1. The van der Waals surface area contributed by atoms with E-state index in [-0.39, 0.29) is 17.1 Å². The molecule has 0 bridgehead atoms. The lowest BCUT2D eigenvalue weighted by Gasteiger charge is -2.13. The second-order valence-corrected chi connectivity index (χ2v) is 8.35. The highest BCUT2D eigenvalue weighted by atomic mass is 127. The van der Waals surface area contributed by atoms with E-state index < -0.39 is 17.6 Å². The number of nitrogens with one attached hydrogen (secondary N) is 1. The molecule has 0 radical (unpaired) electrons. The van der Waals surface area contributed by atoms with Gasteiger partial charge in [-0.3, -0.25) is 4.79 Å². The molecule has 3 aromatic rings. The number of methoxy groups -OCH3 is 1. The Labute approximate surface area is 207 Å². The molecule has 174 valence electrons. The normalized spacial score (nSPS) is 11.6. The number of hydrogen-bond donors (Lipinski definition) is 1. The average molecular weight is 580 g/mol. The Bertz CT molecular complexity index is 1300. The van der Waals surface area contributed by atoms with Gasteiger partial charge in [0.15, 0.2) is 0 Å². The van der Waals surface area contributed by atoms with Crippen LogP contribution in [0, 0.1) is 20.7 Å². The van der Waals surface area contributed by atoms with Gasteiger partial charge in [-0.15, -0.1) is 0 Å². The molecule has 3 rings (SSSR count). The van der Waals surface area contributed by atoms with Crippen molar-refractivity contribution < 1.29 is 27.1 Å². The van der Waals surface area contributed by atoms with Crippen LogP contribution < -0.4 is 10.1 Å². The number of amides is 1. The van der Waals surface area contributed by atoms with Gasteiger partial charge >= 0.3 is 6.18 Å². The van der Waals surface area contributed by atoms with Gasteiger partial charge in [-0.1, -0.05) is 18.2 Å². The molecule has 0 saturated carbocycles. The van der Waals surface area contributed by atoms with Gasteiger partial charge in [-0.2, -0.15) is 18.4 Å². The van der Waals surface area contributed by atoms with Crippen molar-refractivity contribution in [3.63, 3.8) is 0 Å². The van der Waals surface area contributed by atoms with Crippen LogP contribution in [0.3, 0.4) is 0 Å². The first kappa shape index (κ1) is 25.2. The summed E-state index contributed by atoms with van der Waals surface area (Å²) in [5, 5.41) is 11.8. The monoisotopic (exact) mass is 580 g/mol. The number of hydrogen-bond acceptors (Lipinski definition) is 3. The van der Waals surface area contributed by atoms with Crippen molar-refractivity contribution in [2.45, 2.75) is 12.6 Å². The average Bonchev–Trinajstić information content (AvgIpc) is 2.78. The lowest BCUT2D eigenvalue weighted by atomic mass is 10.0. The summed E-state index contributed by atoms with van der Waals surface area (Å²) in [5.41, 5.74) is 0.739. The largest absolute Gasteiger partial charge is 0.496 e. The summed E-state index contributed by atoms with van der Waals surface area (Å²) in [7, 11) is 1.47. The smallest absolute Gasteiger partial charge is 0.416 e. The van der Waals surface area contributed by atoms with E-state index in [9.17, 15) is 27.6 Å². The summed E-state index contributed by atoms with van der Waals surface area (Å²) in [5.74, 6) is -0.714. The molecule has 3 aromatic carbocycles. The van der Waals surface area contributed by atoms with Crippen molar-refractivity contribution in [2.24, 2.45) is 0 Å². The highest BCUT2D eigenvalue weighted by Crippen LogP contribution is 2.31. The van der Waals surface area contributed by atoms with Crippen LogP contribution in [0.1, 0.15) is 22.3 Å². The van der Waals surface area contributed by atoms with Gasteiger partial charge in [0.2, 0.25) is 0 Å². The summed E-state index contributed by atoms with van der Waals surface area (Å²) in [6.45, 7) is 0. The highest BCUT2D eigenvalue weighted by Gasteiger charge is 2.30. The van der Waals surface area contributed by atoms with Crippen molar-refractivity contribution in [1.29, 1.82) is 5.26 Å². The van der Waals surface area contributed by atoms with Crippen LogP contribution in [0.2, 0.25) is 0 Å². The lowest BCUT2D eigenvalue weighted by Crippen LogP contribution is -2.14. The van der Waals surface area contributed by atoms with E-state index in [1.54, 1.807) is 30.3 Å². The fourth-order valence-corrected chi connectivity index (χ4v) is 4.02. The number of nitriles is 1. The van der Waals surface area contributed by atoms with Gasteiger partial charge in [0.25, 0.3) is 5.91 Å². The standard InChI is InChI=1S/C25H17F4IN2O2/c1-34-23-12-16(11-22(30)21(23)10-15-4-2-6-19(26)9-15)8-17(14-31)24(33)32-20-7-3-5-18(13-20)25(27,28)29/h2-9,11-13H,10H2,1H3,(H,32,33)/b17-8+. The summed E-state index contributed by atoms with van der Waals surface area (Å²) in [4.78, 5) is 12.5. The van der Waals surface area contributed by atoms with Crippen LogP contribution >= 0.6 is 22.6 Å². The zero-order valence-corrected chi connectivity index (χ0v) is 19.9. The Balaban J connectivity index is 1.87. The maximum Gasteiger partial charge on any atom is 0.416 e. The SMILES string of the molecule is COc1cc(/C=C(\C#N)C(=O)Nc2cccc(C(F)(F)F)c2)cc(I)c1Cc1cccc(F)c1. The first-order chi connectivity index (χ1) is 16.1. The van der Waals surface area contributed by atoms with E-state index in [0.29, 0.717) is 17.7 Å². The van der Waals surface area contributed by atoms with Crippen LogP contribution in [-0.4, -0.2) is 13.0 Å². The fraction of sp³-hybridized carbons (Fsp3) is 0.120. The molecular formula is C25H17F4IN2O2. The molecule has 1 N–H and O–H groups in total. The number of carbonyl (C=O) groups is 1. The lowest BCUT2D eigenvalue weighted by molar-refractivity contribution is -0.137. The minimum Gasteiger partial charge on any atom is -0.496 e. The first-order valence-corrected chi connectivity index (χ1v) is 10.9. The molecule has 9 heteroatoms. The summed E-state index contributed by atoms with van der Waals surface area (Å²) in [6, 6.07) is 15.5. The molecule has 1 amide bonds. The molecule has 0 aromatic heterocycles. The van der Waals surface area contributed by atoms with Crippen LogP contribution in [0.5, 0.6) is 5.75 Å². The Morgan fingerprint density at radius 2 is 1.88 bits per heavy atom. The van der Waals surface area contributed by atoms with E-state index in [1.807, 2.05) is 0 Å². The van der Waals surface area contributed by atoms with Crippen molar-refractivity contribution in [2.75, 3.05) is 12.4 Å². The molecule has 34 heavy (non-hydrogen) atoms. The summed E-state index contributed by atoms with van der Waals surface area (Å²) in [6.07, 6.45) is -2.83. The molecule has 0 aliphatic rings. The minimum absolute atomic E-state index is 0.0847. The van der Waals surface area contributed by atoms with Gasteiger partial charge in [0, 0.05) is 21.2 Å². The maximum absolute atomic E-state index is 13.5. The molecule has 0 atom stereocenters. The Morgan fingerprint density at radius 3 is 2.53 bits per heavy atom. The molecule has 0 aliphatic carbocycles. The zero-order valence-electron chi connectivity index (χ0n) is 17.7. The van der Waals surface area contributed by atoms with Crippen LogP contribution in [0.25, 0.3) is 6.08 Å². The van der Waals surface area contributed by atoms with Gasteiger partial charge in [-0.05, 0) is 82.3 Å². The molecular weight excluding hydrogens is 563 g/mol. The van der Waals surface area contributed by atoms with E-state index in [4.69, 9.17) is 4.74 Å². The second-order valence-electron chi connectivity index (χ2n) is 7.19. The van der Waals surface area contributed by atoms with E-state index in [0.717, 1.165) is 26.8 Å². The third-order valence-corrected chi connectivity index (χ3v) is 5.75. The fourth-order valence-electron chi connectivity index (χ4n) is 3.21. The van der Waals surface area contributed by atoms with Gasteiger partial charge in [0.1, 0.15) is 23.2 Å². The van der Waals surface area contributed by atoms with Crippen molar-refractivity contribution in [1.82, 2.24) is 0 Å². The predicted octanol–water partition coefficient (Wildman–Crippen LogP) is 6.59. The second kappa shape index (κ2) is 10.7. The topological polar surface area (TPSA) is 62.1 Å². The van der Waals surface area contributed by atoms with E-state index >= 15 is 0 Å². The highest BCUT2D eigenvalue weighted by molar-refractivity contribution is 14.1. The number of alkyl halides is 3. The number of halogens is 5. The number of benzene rings is 3. The van der Waals surface area contributed by atoms with Crippen LogP contribution in [0.15, 0.2) is 66.2 Å². The molecule has 0 unspecified atom stereocenters. The minimum atomic E-state index is -4.56. The van der Waals surface area contributed by atoms with E-state index in [2.05, 4.69) is 27.9 Å². The number of carbonyl (C=O) groups excluding carboxylic acids is 1. The Kier molecular flexibility index (Phi) is 7.94. The molecule has 0 spiro atoms. The molecule has 0 saturated heterocycles. The molecule has 0 fully saturated rings. The van der Waals surface area contributed by atoms with Gasteiger partial charge < -0.3 is 10.1 Å². The zero-order chi connectivity index (χ0) is 24.9. The van der Waals surface area contributed by atoms with Gasteiger partial charge in [-0.25, -0.2) is 4.39 Å². The first-order valence-electron chi connectivity index (χ1n) is 9.82. The summed E-state index contributed by atoms with van der Waals surface area (Å²) >= 11 is 2.08. The third kappa shape index (κ3) is 6.35. The molecule has 4 nitrogen and oxygen atoms in total. The number of rotatable bonds is 6. The predicted molar refractivity (Wildman–Crippen MR) is 129 cm³/mol. The van der Waals surface area contributed by atoms with Crippen LogP contribution in [0.4, 0.5) is 23.2 Å². The van der Waals surface area contributed by atoms with Crippen molar-refractivity contribution in [3.05, 3.63) is 97.9 Å². The van der Waals surface area contributed by atoms with Gasteiger partial charge in [0.05, 0.1) is 12.7 Å². The number of ether oxygens (including phenoxy) is 1. The quantitative estimate of drug-likeness (QED) is 0.155. The van der Waals surface area contributed by atoms with E-state index in [1.165, 1.54) is 37.5 Å². The summed E-state index contributed by atoms with van der Waals surface area (Å²) < 4.78 is 58.5. The van der Waals surface area contributed by atoms with Crippen molar-refractivity contribution >= 4 is 40.3 Å².